The van der Waals surface area contributed by atoms with Crippen molar-refractivity contribution in [3.63, 3.8) is 0 Å². The maximum Gasteiger partial charge on any atom is 0.220 e. The molecule has 1 amide bonds. The molecule has 1 aliphatic heterocycles. The zero-order chi connectivity index (χ0) is 12.4. The topological polar surface area (TPSA) is 85.2 Å². The third kappa shape index (κ3) is 2.49. The number of pyridine rings is 1. The van der Waals surface area contributed by atoms with Crippen molar-refractivity contribution in [3.05, 3.63) is 17.8 Å². The lowest BCUT2D eigenvalue weighted by molar-refractivity contribution is -0.122. The van der Waals surface area contributed by atoms with E-state index in [0.717, 1.165) is 37.3 Å². The van der Waals surface area contributed by atoms with E-state index in [2.05, 4.69) is 9.88 Å². The van der Waals surface area contributed by atoms with Crippen LogP contribution in [0, 0.1) is 12.8 Å². The highest BCUT2D eigenvalue weighted by Crippen LogP contribution is 2.24. The molecular weight excluding hydrogens is 216 g/mol. The Morgan fingerprint density at radius 3 is 2.65 bits per heavy atom. The highest BCUT2D eigenvalue weighted by Gasteiger charge is 2.24. The molecule has 0 atom stereocenters. The van der Waals surface area contributed by atoms with Crippen molar-refractivity contribution in [2.75, 3.05) is 23.7 Å². The summed E-state index contributed by atoms with van der Waals surface area (Å²) in [4.78, 5) is 17.6. The highest BCUT2D eigenvalue weighted by molar-refractivity contribution is 5.77. The molecule has 92 valence electrons. The number of amides is 1. The van der Waals surface area contributed by atoms with Crippen molar-refractivity contribution in [3.8, 4) is 0 Å². The number of aryl methyl sites for hydroxylation is 1. The Morgan fingerprint density at radius 1 is 1.47 bits per heavy atom. The van der Waals surface area contributed by atoms with Gasteiger partial charge in [0.15, 0.2) is 0 Å². The van der Waals surface area contributed by atoms with Gasteiger partial charge < -0.3 is 16.4 Å². The molecule has 0 bridgehead atoms. The van der Waals surface area contributed by atoms with Crippen LogP contribution in [0.1, 0.15) is 18.4 Å². The third-order valence-corrected chi connectivity index (χ3v) is 3.27. The number of hydrogen-bond donors (Lipinski definition) is 2. The number of nitrogens with zero attached hydrogens (tertiary/aromatic N) is 2. The number of nitrogens with two attached hydrogens (primary N) is 2. The largest absolute Gasteiger partial charge is 0.397 e. The maximum atomic E-state index is 11.1. The van der Waals surface area contributed by atoms with Crippen LogP contribution in [0.25, 0.3) is 0 Å². The van der Waals surface area contributed by atoms with Gasteiger partial charge in [0.2, 0.25) is 5.91 Å². The fourth-order valence-corrected chi connectivity index (χ4v) is 2.30. The summed E-state index contributed by atoms with van der Waals surface area (Å²) in [6.07, 6.45) is 3.28. The predicted molar refractivity (Wildman–Crippen MR) is 67.5 cm³/mol. The van der Waals surface area contributed by atoms with Gasteiger partial charge in [0.1, 0.15) is 5.82 Å². The molecule has 0 unspecified atom stereocenters. The van der Waals surface area contributed by atoms with E-state index in [1.807, 2.05) is 13.0 Å². The molecular formula is C12H18N4O. The zero-order valence-electron chi connectivity index (χ0n) is 10.0. The molecule has 1 aliphatic rings. The van der Waals surface area contributed by atoms with E-state index < -0.39 is 0 Å². The molecule has 17 heavy (non-hydrogen) atoms. The second-order valence-corrected chi connectivity index (χ2v) is 4.57. The number of rotatable bonds is 2. The van der Waals surface area contributed by atoms with Gasteiger partial charge in [0.05, 0.1) is 11.9 Å². The standard InChI is InChI=1S/C12H18N4O/c1-8-6-10(13)7-15-12(8)16-4-2-9(3-5-16)11(14)17/h6-7,9H,2-5,13H2,1H3,(H2,14,17). The Morgan fingerprint density at radius 2 is 2.12 bits per heavy atom. The Bertz CT molecular complexity index is 425. The average Bonchev–Trinajstić information content (AvgIpc) is 2.29. The Hall–Kier alpha value is -1.78. The summed E-state index contributed by atoms with van der Waals surface area (Å²) >= 11 is 0. The number of carbonyl (C=O) groups excluding carboxylic acids is 1. The first-order chi connectivity index (χ1) is 8.08. The summed E-state index contributed by atoms with van der Waals surface area (Å²) in [6, 6.07) is 1.92. The SMILES string of the molecule is Cc1cc(N)cnc1N1CCC(C(N)=O)CC1. The molecule has 1 aromatic heterocycles. The average molecular weight is 234 g/mol. The second kappa shape index (κ2) is 4.61. The Kier molecular flexibility index (Phi) is 3.17. The lowest BCUT2D eigenvalue weighted by Crippen LogP contribution is -2.39. The number of hydrogen-bond acceptors (Lipinski definition) is 4. The van der Waals surface area contributed by atoms with Crippen LogP contribution >= 0.6 is 0 Å². The number of carbonyl (C=O) groups is 1. The number of anilines is 2. The van der Waals surface area contributed by atoms with Crippen molar-refractivity contribution < 1.29 is 4.79 Å². The molecule has 1 aromatic rings. The summed E-state index contributed by atoms with van der Waals surface area (Å²) in [6.45, 7) is 3.65. The second-order valence-electron chi connectivity index (χ2n) is 4.57. The molecule has 2 rings (SSSR count). The normalized spacial score (nSPS) is 17.1. The summed E-state index contributed by atoms with van der Waals surface area (Å²) in [5, 5.41) is 0. The molecule has 5 nitrogen and oxygen atoms in total. The quantitative estimate of drug-likeness (QED) is 0.787. The molecule has 1 saturated heterocycles. The van der Waals surface area contributed by atoms with Crippen LogP contribution in [-0.4, -0.2) is 24.0 Å². The van der Waals surface area contributed by atoms with Crippen LogP contribution in [0.3, 0.4) is 0 Å². The lowest BCUT2D eigenvalue weighted by atomic mass is 9.96. The van der Waals surface area contributed by atoms with Gasteiger partial charge in [0.25, 0.3) is 0 Å². The minimum absolute atomic E-state index is 0.0142. The van der Waals surface area contributed by atoms with Gasteiger partial charge in [0, 0.05) is 19.0 Å². The van der Waals surface area contributed by atoms with E-state index in [4.69, 9.17) is 11.5 Å². The Balaban J connectivity index is 2.08. The van der Waals surface area contributed by atoms with E-state index >= 15 is 0 Å². The van der Waals surface area contributed by atoms with Gasteiger partial charge >= 0.3 is 0 Å². The van der Waals surface area contributed by atoms with Gasteiger partial charge in [-0.05, 0) is 31.4 Å². The van der Waals surface area contributed by atoms with Gasteiger partial charge in [-0.15, -0.1) is 0 Å². The van der Waals surface area contributed by atoms with Crippen molar-refractivity contribution in [1.82, 2.24) is 4.98 Å². The van der Waals surface area contributed by atoms with Crippen molar-refractivity contribution >= 4 is 17.4 Å². The summed E-state index contributed by atoms with van der Waals surface area (Å²) in [5.41, 5.74) is 12.7. The molecule has 0 saturated carbocycles. The number of primary amides is 1. The van der Waals surface area contributed by atoms with Gasteiger partial charge in [-0.1, -0.05) is 0 Å². The fourth-order valence-electron chi connectivity index (χ4n) is 2.30. The first-order valence-corrected chi connectivity index (χ1v) is 5.84. The molecule has 1 fully saturated rings. The monoisotopic (exact) mass is 234 g/mol. The van der Waals surface area contributed by atoms with Gasteiger partial charge in [-0.2, -0.15) is 0 Å². The molecule has 0 spiro atoms. The Labute approximate surface area is 101 Å². The van der Waals surface area contributed by atoms with E-state index in [1.165, 1.54) is 0 Å². The number of aromatic nitrogens is 1. The first kappa shape index (κ1) is 11.7. The van der Waals surface area contributed by atoms with Crippen LogP contribution in [0.5, 0.6) is 0 Å². The van der Waals surface area contributed by atoms with Crippen LogP contribution in [0.15, 0.2) is 12.3 Å². The molecule has 0 aliphatic carbocycles. The fraction of sp³-hybridized carbons (Fsp3) is 0.500. The zero-order valence-corrected chi connectivity index (χ0v) is 10.0. The van der Waals surface area contributed by atoms with Crippen molar-refractivity contribution in [2.24, 2.45) is 11.7 Å². The smallest absolute Gasteiger partial charge is 0.220 e. The molecule has 5 heteroatoms. The highest BCUT2D eigenvalue weighted by atomic mass is 16.1. The van der Waals surface area contributed by atoms with E-state index in [-0.39, 0.29) is 11.8 Å². The molecule has 4 N–H and O–H groups in total. The maximum absolute atomic E-state index is 11.1. The predicted octanol–water partition coefficient (Wildman–Crippen LogP) is 0.674. The van der Waals surface area contributed by atoms with Gasteiger partial charge in [-0.25, -0.2) is 4.98 Å². The third-order valence-electron chi connectivity index (χ3n) is 3.27. The first-order valence-electron chi connectivity index (χ1n) is 5.84. The van der Waals surface area contributed by atoms with E-state index in [9.17, 15) is 4.79 Å². The van der Waals surface area contributed by atoms with Crippen LogP contribution < -0.4 is 16.4 Å². The molecule has 2 heterocycles. The van der Waals surface area contributed by atoms with Gasteiger partial charge in [-0.3, -0.25) is 4.79 Å². The van der Waals surface area contributed by atoms with E-state index in [1.54, 1.807) is 6.20 Å². The minimum Gasteiger partial charge on any atom is -0.397 e. The van der Waals surface area contributed by atoms with Crippen LogP contribution in [0.2, 0.25) is 0 Å². The summed E-state index contributed by atoms with van der Waals surface area (Å²) in [5.74, 6) is 0.786. The molecule has 0 aromatic carbocycles. The van der Waals surface area contributed by atoms with Crippen LogP contribution in [-0.2, 0) is 4.79 Å². The van der Waals surface area contributed by atoms with Crippen molar-refractivity contribution in [2.45, 2.75) is 19.8 Å². The number of piperidine rings is 1. The number of nitrogen functional groups attached to an aromatic ring is 1. The lowest BCUT2D eigenvalue weighted by Gasteiger charge is -2.32. The van der Waals surface area contributed by atoms with Crippen LogP contribution in [0.4, 0.5) is 11.5 Å². The summed E-state index contributed by atoms with van der Waals surface area (Å²) in [7, 11) is 0. The van der Waals surface area contributed by atoms with E-state index in [0.29, 0.717) is 5.69 Å². The minimum atomic E-state index is -0.188. The van der Waals surface area contributed by atoms with Crippen molar-refractivity contribution in [1.29, 1.82) is 0 Å². The molecule has 0 radical (unpaired) electrons. The summed E-state index contributed by atoms with van der Waals surface area (Å²) < 4.78 is 0.